The molecule has 2 unspecified atom stereocenters. The van der Waals surface area contributed by atoms with Gasteiger partial charge in [-0.3, -0.25) is 14.5 Å². The highest BCUT2D eigenvalue weighted by molar-refractivity contribution is 6.12. The van der Waals surface area contributed by atoms with Gasteiger partial charge < -0.3 is 38.2 Å². The first-order chi connectivity index (χ1) is 22.9. The van der Waals surface area contributed by atoms with Crippen LogP contribution in [0.1, 0.15) is 46.5 Å². The molecule has 1 amide bonds. The molecule has 2 atom stereocenters. The van der Waals surface area contributed by atoms with Crippen LogP contribution in [0.25, 0.3) is 0 Å². The van der Waals surface area contributed by atoms with Crippen LogP contribution in [0.2, 0.25) is 0 Å². The maximum atomic E-state index is 15.0. The highest BCUT2D eigenvalue weighted by Crippen LogP contribution is 2.51. The Morgan fingerprint density at radius 1 is 0.766 bits per heavy atom. The lowest BCUT2D eigenvalue weighted by atomic mass is 9.79. The molecule has 47 heavy (non-hydrogen) atoms. The zero-order chi connectivity index (χ0) is 33.2. The molecule has 1 aliphatic carbocycles. The highest BCUT2D eigenvalue weighted by Gasteiger charge is 2.43. The number of hydrogen-bond donors (Lipinski definition) is 1. The number of ketones is 1. The fraction of sp³-hybridized carbons (Fsp3) is 0.278. The van der Waals surface area contributed by atoms with Crippen LogP contribution in [-0.2, 0) is 4.79 Å². The van der Waals surface area contributed by atoms with Crippen LogP contribution in [0, 0.1) is 0 Å². The molecule has 0 saturated carbocycles. The monoisotopic (exact) mass is 640 g/mol. The molecule has 1 aromatic heterocycles. The van der Waals surface area contributed by atoms with Gasteiger partial charge in [0.05, 0.1) is 66.3 Å². The zero-order valence-electron chi connectivity index (χ0n) is 27.0. The van der Waals surface area contributed by atoms with Crippen molar-refractivity contribution in [1.29, 1.82) is 0 Å². The number of para-hydroxylation sites is 2. The van der Waals surface area contributed by atoms with Crippen LogP contribution in [0.3, 0.4) is 0 Å². The van der Waals surface area contributed by atoms with E-state index >= 15 is 4.79 Å². The minimum Gasteiger partial charge on any atom is -0.493 e. The summed E-state index contributed by atoms with van der Waals surface area (Å²) in [5.74, 6) is 2.12. The van der Waals surface area contributed by atoms with Crippen LogP contribution >= 0.6 is 0 Å². The van der Waals surface area contributed by atoms with Crippen LogP contribution in [-0.4, -0.2) is 54.3 Å². The number of benzene rings is 3. The maximum Gasteiger partial charge on any atom is 0.259 e. The molecular formula is C36H36N2O9. The molecule has 1 N–H and O–H groups in total. The zero-order valence-corrected chi connectivity index (χ0v) is 27.0. The van der Waals surface area contributed by atoms with Gasteiger partial charge in [-0.05, 0) is 60.5 Å². The minimum atomic E-state index is -0.911. The van der Waals surface area contributed by atoms with E-state index in [1.54, 1.807) is 35.4 Å². The summed E-state index contributed by atoms with van der Waals surface area (Å²) in [7, 11) is 9.04. The summed E-state index contributed by atoms with van der Waals surface area (Å²) in [6, 6.07) is 17.0. The lowest BCUT2D eigenvalue weighted by Crippen LogP contribution is -2.38. The summed E-state index contributed by atoms with van der Waals surface area (Å²) in [6.45, 7) is 0. The molecule has 6 rings (SSSR count). The van der Waals surface area contributed by atoms with E-state index in [0.717, 1.165) is 5.76 Å². The fourth-order valence-electron chi connectivity index (χ4n) is 6.46. The molecule has 1 aliphatic heterocycles. The molecule has 0 bridgehead atoms. The van der Waals surface area contributed by atoms with E-state index < -0.39 is 11.9 Å². The molecule has 11 nitrogen and oxygen atoms in total. The number of nitrogens with one attached hydrogen (secondary N) is 1. The fourth-order valence-corrected chi connectivity index (χ4v) is 6.46. The average Bonchev–Trinajstić information content (AvgIpc) is 3.60. The quantitative estimate of drug-likeness (QED) is 0.216. The standard InChI is InChI=1S/C36H36N2O9/c1-41-28-16-21(17-29(42-2)34(28)45-5)33-32-24(14-20(15-26(32)39)27-12-9-13-47-27)37-23-10-7-8-11-25(23)38(33)36(40)22-18-30(43-3)35(46-6)31(19-22)44-4/h7-13,16-20,33,37H,14-15H2,1-6H3. The van der Waals surface area contributed by atoms with Gasteiger partial charge in [0.2, 0.25) is 11.5 Å². The third kappa shape index (κ3) is 5.47. The van der Waals surface area contributed by atoms with E-state index in [-0.39, 0.29) is 23.7 Å². The molecule has 4 aromatic rings. The van der Waals surface area contributed by atoms with E-state index in [2.05, 4.69) is 5.32 Å². The van der Waals surface area contributed by atoms with Gasteiger partial charge in [0, 0.05) is 29.2 Å². The highest BCUT2D eigenvalue weighted by atomic mass is 16.5. The molecule has 11 heteroatoms. The van der Waals surface area contributed by atoms with Gasteiger partial charge in [-0.1, -0.05) is 12.1 Å². The van der Waals surface area contributed by atoms with E-state index in [0.29, 0.717) is 69.1 Å². The van der Waals surface area contributed by atoms with Crippen molar-refractivity contribution in [3.63, 3.8) is 0 Å². The first-order valence-corrected chi connectivity index (χ1v) is 15.0. The van der Waals surface area contributed by atoms with Gasteiger partial charge in [0.1, 0.15) is 5.76 Å². The molecule has 0 radical (unpaired) electrons. The predicted octanol–water partition coefficient (Wildman–Crippen LogP) is 6.55. The number of anilines is 2. The van der Waals surface area contributed by atoms with Gasteiger partial charge in [0.25, 0.3) is 5.91 Å². The summed E-state index contributed by atoms with van der Waals surface area (Å²) in [4.78, 5) is 31.1. The number of Topliss-reactive ketones (excluding diaryl/α,β-unsaturated/α-hetero) is 1. The Balaban J connectivity index is 1.64. The third-order valence-electron chi connectivity index (χ3n) is 8.57. The first kappa shape index (κ1) is 31.4. The Bertz CT molecular complexity index is 1800. The van der Waals surface area contributed by atoms with Crippen molar-refractivity contribution in [1.82, 2.24) is 0 Å². The second-order valence-electron chi connectivity index (χ2n) is 11.0. The lowest BCUT2D eigenvalue weighted by molar-refractivity contribution is -0.116. The van der Waals surface area contributed by atoms with E-state index in [1.165, 1.54) is 42.7 Å². The van der Waals surface area contributed by atoms with Gasteiger partial charge in [-0.15, -0.1) is 0 Å². The van der Waals surface area contributed by atoms with E-state index in [4.69, 9.17) is 32.8 Å². The number of ether oxygens (including phenoxy) is 6. The molecule has 244 valence electrons. The van der Waals surface area contributed by atoms with Crippen LogP contribution in [0.15, 0.2) is 82.6 Å². The van der Waals surface area contributed by atoms with Crippen molar-refractivity contribution in [3.05, 3.63) is 95.1 Å². The van der Waals surface area contributed by atoms with Crippen molar-refractivity contribution < 1.29 is 42.4 Å². The number of carbonyl (C=O) groups is 2. The molecule has 0 saturated heterocycles. The number of allylic oxidation sites excluding steroid dienone is 1. The largest absolute Gasteiger partial charge is 0.493 e. The summed E-state index contributed by atoms with van der Waals surface area (Å²) in [6.07, 6.45) is 2.28. The molecule has 2 heterocycles. The molecule has 0 spiro atoms. The summed E-state index contributed by atoms with van der Waals surface area (Å²) >= 11 is 0. The Morgan fingerprint density at radius 2 is 1.36 bits per heavy atom. The van der Waals surface area contributed by atoms with Gasteiger partial charge in [-0.25, -0.2) is 0 Å². The van der Waals surface area contributed by atoms with Crippen molar-refractivity contribution in [2.24, 2.45) is 0 Å². The topological polar surface area (TPSA) is 118 Å². The smallest absolute Gasteiger partial charge is 0.259 e. The van der Waals surface area contributed by atoms with Gasteiger partial charge in [0.15, 0.2) is 28.8 Å². The molecule has 2 aliphatic rings. The Labute approximate surface area is 272 Å². The number of hydrogen-bond acceptors (Lipinski definition) is 10. The Hall–Kier alpha value is -5.58. The van der Waals surface area contributed by atoms with Crippen molar-refractivity contribution in [2.45, 2.75) is 24.8 Å². The number of amides is 1. The Morgan fingerprint density at radius 3 is 1.91 bits per heavy atom. The number of nitrogens with zero attached hydrogens (tertiary/aromatic N) is 1. The summed E-state index contributed by atoms with van der Waals surface area (Å²) in [5.41, 5.74) is 3.18. The lowest BCUT2D eigenvalue weighted by Gasteiger charge is -2.35. The maximum absolute atomic E-state index is 15.0. The van der Waals surface area contributed by atoms with Crippen molar-refractivity contribution in [2.75, 3.05) is 52.9 Å². The van der Waals surface area contributed by atoms with Crippen molar-refractivity contribution >= 4 is 23.1 Å². The minimum absolute atomic E-state index is 0.130. The molecule has 3 aromatic carbocycles. The summed E-state index contributed by atoms with van der Waals surface area (Å²) in [5, 5.41) is 3.53. The average molecular weight is 641 g/mol. The molecule has 0 fully saturated rings. The predicted molar refractivity (Wildman–Crippen MR) is 175 cm³/mol. The summed E-state index contributed by atoms with van der Waals surface area (Å²) < 4.78 is 39.5. The van der Waals surface area contributed by atoms with E-state index in [9.17, 15) is 4.79 Å². The van der Waals surface area contributed by atoms with Gasteiger partial charge >= 0.3 is 0 Å². The number of rotatable bonds is 9. The van der Waals surface area contributed by atoms with Crippen LogP contribution < -0.4 is 38.6 Å². The second kappa shape index (κ2) is 13.0. The normalized spacial score (nSPS) is 17.1. The first-order valence-electron chi connectivity index (χ1n) is 15.0. The van der Waals surface area contributed by atoms with E-state index in [1.807, 2.05) is 36.4 Å². The number of methoxy groups -OCH3 is 6. The Kier molecular flexibility index (Phi) is 8.71. The molecular weight excluding hydrogens is 604 g/mol. The van der Waals surface area contributed by atoms with Gasteiger partial charge in [-0.2, -0.15) is 0 Å². The van der Waals surface area contributed by atoms with Crippen LogP contribution in [0.4, 0.5) is 11.4 Å². The third-order valence-corrected chi connectivity index (χ3v) is 8.57. The SMILES string of the molecule is COc1cc(C(=O)N2c3ccccc3NC3=C(C(=O)CC(c4ccco4)C3)C2c2cc(OC)c(OC)c(OC)c2)cc(OC)c1OC. The number of furan rings is 1. The van der Waals surface area contributed by atoms with Crippen LogP contribution in [0.5, 0.6) is 34.5 Å². The van der Waals surface area contributed by atoms with Crippen molar-refractivity contribution in [3.8, 4) is 34.5 Å². The number of fused-ring (bicyclic) bond motifs is 1. The number of carbonyl (C=O) groups excluding carboxylic acids is 2. The second-order valence-corrected chi connectivity index (χ2v) is 11.0.